The summed E-state index contributed by atoms with van der Waals surface area (Å²) in [6.07, 6.45) is 5.83. The molecule has 0 unspecified atom stereocenters. The molecule has 1 fully saturated rings. The topological polar surface area (TPSA) is 109 Å². The van der Waals surface area contributed by atoms with Crippen molar-refractivity contribution in [3.05, 3.63) is 65.9 Å². The van der Waals surface area contributed by atoms with Crippen LogP contribution in [0.3, 0.4) is 0 Å². The number of benzene rings is 2. The molecule has 2 heterocycles. The zero-order valence-electron chi connectivity index (χ0n) is 20.1. The SMILES string of the molecule is C#CCN1CC[C@H](C(=O)NO)[C@H](CS(=O)(=O)c2ccc(OCc3cc(C)nc4ccccc34)cc2)C1. The maximum Gasteiger partial charge on any atom is 0.246 e. The van der Waals surface area contributed by atoms with Gasteiger partial charge >= 0.3 is 0 Å². The number of ether oxygens (including phenoxy) is 1. The molecule has 1 aliphatic heterocycles. The number of sulfone groups is 1. The Morgan fingerprint density at radius 2 is 2.00 bits per heavy atom. The van der Waals surface area contributed by atoms with E-state index in [-0.39, 0.29) is 10.6 Å². The van der Waals surface area contributed by atoms with Gasteiger partial charge in [-0.05, 0) is 62.2 Å². The number of carbonyl (C=O) groups excluding carboxylic acids is 1. The molecule has 0 bridgehead atoms. The molecule has 1 amide bonds. The summed E-state index contributed by atoms with van der Waals surface area (Å²) in [5.41, 5.74) is 4.46. The van der Waals surface area contributed by atoms with Crippen LogP contribution in [0.5, 0.6) is 5.75 Å². The monoisotopic (exact) mass is 507 g/mol. The van der Waals surface area contributed by atoms with Crippen molar-refractivity contribution in [1.82, 2.24) is 15.4 Å². The number of hydrogen-bond donors (Lipinski definition) is 2. The first-order chi connectivity index (χ1) is 17.3. The van der Waals surface area contributed by atoms with Crippen LogP contribution in [0.2, 0.25) is 0 Å². The lowest BCUT2D eigenvalue weighted by Crippen LogP contribution is -2.48. The first-order valence-electron chi connectivity index (χ1n) is 11.7. The molecule has 2 aromatic carbocycles. The number of carbonyl (C=O) groups is 1. The van der Waals surface area contributed by atoms with E-state index in [4.69, 9.17) is 16.4 Å². The van der Waals surface area contributed by atoms with Gasteiger partial charge in [-0.25, -0.2) is 13.9 Å². The number of aryl methyl sites for hydroxylation is 1. The summed E-state index contributed by atoms with van der Waals surface area (Å²) in [5.74, 6) is 1.20. The minimum absolute atomic E-state index is 0.150. The molecule has 0 spiro atoms. The predicted octanol–water partition coefficient (Wildman–Crippen LogP) is 2.97. The highest BCUT2D eigenvalue weighted by Gasteiger charge is 2.37. The summed E-state index contributed by atoms with van der Waals surface area (Å²) in [4.78, 5) is 18.8. The number of fused-ring (bicyclic) bond motifs is 1. The first-order valence-corrected chi connectivity index (χ1v) is 13.4. The van der Waals surface area contributed by atoms with Crippen LogP contribution in [-0.4, -0.2) is 54.8 Å². The summed E-state index contributed by atoms with van der Waals surface area (Å²) in [5, 5.41) is 10.1. The minimum atomic E-state index is -3.70. The van der Waals surface area contributed by atoms with E-state index in [1.807, 2.05) is 42.2 Å². The van der Waals surface area contributed by atoms with Gasteiger partial charge in [-0.15, -0.1) is 6.42 Å². The Kier molecular flexibility index (Phi) is 7.89. The molecular formula is C27H29N3O5S. The number of para-hydroxylation sites is 1. The number of nitrogens with one attached hydrogen (secondary N) is 1. The number of nitrogens with zero attached hydrogens (tertiary/aromatic N) is 2. The van der Waals surface area contributed by atoms with Crippen LogP contribution in [-0.2, 0) is 21.2 Å². The van der Waals surface area contributed by atoms with Gasteiger partial charge in [0.05, 0.1) is 22.7 Å². The average Bonchev–Trinajstić information content (AvgIpc) is 2.87. The molecule has 188 valence electrons. The second-order valence-electron chi connectivity index (χ2n) is 9.05. The fourth-order valence-electron chi connectivity index (χ4n) is 4.77. The van der Waals surface area contributed by atoms with Gasteiger partial charge in [-0.1, -0.05) is 24.1 Å². The highest BCUT2D eigenvalue weighted by molar-refractivity contribution is 7.91. The van der Waals surface area contributed by atoms with E-state index < -0.39 is 27.6 Å². The van der Waals surface area contributed by atoms with Crippen LogP contribution in [0.1, 0.15) is 17.7 Å². The van der Waals surface area contributed by atoms with Crippen molar-refractivity contribution in [2.45, 2.75) is 24.8 Å². The number of pyridine rings is 1. The second kappa shape index (κ2) is 11.1. The lowest BCUT2D eigenvalue weighted by molar-refractivity contribution is -0.136. The van der Waals surface area contributed by atoms with Gasteiger partial charge in [-0.3, -0.25) is 19.9 Å². The Bertz CT molecular complexity index is 1380. The Morgan fingerprint density at radius 1 is 1.25 bits per heavy atom. The quantitative estimate of drug-likeness (QED) is 0.274. The van der Waals surface area contributed by atoms with Crippen molar-refractivity contribution >= 4 is 26.6 Å². The van der Waals surface area contributed by atoms with E-state index in [1.54, 1.807) is 17.6 Å². The zero-order chi connectivity index (χ0) is 25.7. The Morgan fingerprint density at radius 3 is 2.72 bits per heavy atom. The van der Waals surface area contributed by atoms with Crippen molar-refractivity contribution in [1.29, 1.82) is 0 Å². The summed E-state index contributed by atoms with van der Waals surface area (Å²) in [6.45, 7) is 3.56. The van der Waals surface area contributed by atoms with Crippen LogP contribution in [0, 0.1) is 31.1 Å². The lowest BCUT2D eigenvalue weighted by atomic mass is 9.86. The van der Waals surface area contributed by atoms with Crippen molar-refractivity contribution in [2.75, 3.05) is 25.4 Å². The second-order valence-corrected chi connectivity index (χ2v) is 11.1. The molecule has 1 saturated heterocycles. The van der Waals surface area contributed by atoms with Crippen molar-refractivity contribution in [3.63, 3.8) is 0 Å². The van der Waals surface area contributed by atoms with Crippen molar-refractivity contribution in [3.8, 4) is 18.1 Å². The zero-order valence-corrected chi connectivity index (χ0v) is 20.9. The summed E-state index contributed by atoms with van der Waals surface area (Å²) in [7, 11) is -3.70. The van der Waals surface area contributed by atoms with E-state index in [2.05, 4.69) is 10.9 Å². The van der Waals surface area contributed by atoms with Crippen molar-refractivity contribution in [2.24, 2.45) is 11.8 Å². The van der Waals surface area contributed by atoms with Gasteiger partial charge in [-0.2, -0.15) is 0 Å². The molecule has 1 aliphatic rings. The summed E-state index contributed by atoms with van der Waals surface area (Å²) < 4.78 is 32.3. The normalized spacial score (nSPS) is 18.5. The van der Waals surface area contributed by atoms with Gasteiger partial charge in [0.1, 0.15) is 12.4 Å². The van der Waals surface area contributed by atoms with Crippen LogP contribution < -0.4 is 10.2 Å². The summed E-state index contributed by atoms with van der Waals surface area (Å²) >= 11 is 0. The van der Waals surface area contributed by atoms with Gasteiger partial charge in [0.15, 0.2) is 9.84 Å². The number of piperidine rings is 1. The molecule has 2 N–H and O–H groups in total. The standard InChI is InChI=1S/C27H29N3O5S/c1-3-13-30-14-12-25(27(31)29-32)21(16-30)18-36(33,34)23-10-8-22(9-11-23)35-17-20-15-19(2)28-26-7-5-4-6-24(20)26/h1,4-11,15,21,25,32H,12-14,16-18H2,2H3,(H,29,31)/t21-,25-/m0/s1. The van der Waals surface area contributed by atoms with E-state index in [0.717, 1.165) is 22.2 Å². The fraction of sp³-hybridized carbons (Fsp3) is 0.333. The molecule has 4 rings (SSSR count). The van der Waals surface area contributed by atoms with E-state index in [9.17, 15) is 13.2 Å². The molecule has 0 aliphatic carbocycles. The third kappa shape index (κ3) is 5.85. The number of aromatic nitrogens is 1. The molecule has 0 radical (unpaired) electrons. The highest BCUT2D eigenvalue weighted by Crippen LogP contribution is 2.28. The van der Waals surface area contributed by atoms with Gasteiger partial charge < -0.3 is 4.74 Å². The van der Waals surface area contributed by atoms with Crippen LogP contribution in [0.25, 0.3) is 10.9 Å². The van der Waals surface area contributed by atoms with E-state index in [0.29, 0.717) is 38.4 Å². The molecule has 0 saturated carbocycles. The average molecular weight is 508 g/mol. The third-order valence-corrected chi connectivity index (χ3v) is 8.38. The molecule has 9 heteroatoms. The largest absolute Gasteiger partial charge is 0.489 e. The number of terminal acetylenes is 1. The third-order valence-electron chi connectivity index (χ3n) is 6.52. The number of hydroxylamine groups is 1. The molecule has 36 heavy (non-hydrogen) atoms. The predicted molar refractivity (Wildman–Crippen MR) is 136 cm³/mol. The number of likely N-dealkylation sites (tertiary alicyclic amines) is 1. The molecule has 1 aromatic heterocycles. The Balaban J connectivity index is 1.46. The van der Waals surface area contributed by atoms with Gasteiger partial charge in [0.2, 0.25) is 5.91 Å². The van der Waals surface area contributed by atoms with Gasteiger partial charge in [0, 0.05) is 29.1 Å². The Hall–Kier alpha value is -3.45. The fourth-order valence-corrected chi connectivity index (χ4v) is 6.42. The minimum Gasteiger partial charge on any atom is -0.489 e. The maximum absolute atomic E-state index is 13.2. The van der Waals surface area contributed by atoms with Gasteiger partial charge in [0.25, 0.3) is 0 Å². The molecule has 3 aromatic rings. The Labute approximate surface area is 211 Å². The number of amides is 1. The lowest BCUT2D eigenvalue weighted by Gasteiger charge is -2.36. The van der Waals surface area contributed by atoms with E-state index in [1.165, 1.54) is 12.1 Å². The first kappa shape index (κ1) is 25.6. The van der Waals surface area contributed by atoms with E-state index >= 15 is 0 Å². The smallest absolute Gasteiger partial charge is 0.246 e. The van der Waals surface area contributed by atoms with Crippen molar-refractivity contribution < 1.29 is 23.2 Å². The molecular weight excluding hydrogens is 478 g/mol. The van der Waals surface area contributed by atoms with Crippen LogP contribution in [0.4, 0.5) is 0 Å². The molecule has 2 atom stereocenters. The maximum atomic E-state index is 13.2. The number of hydrogen-bond acceptors (Lipinski definition) is 7. The van der Waals surface area contributed by atoms with Crippen LogP contribution in [0.15, 0.2) is 59.5 Å². The number of rotatable bonds is 8. The molecule has 8 nitrogen and oxygen atoms in total. The van der Waals surface area contributed by atoms with Crippen LogP contribution >= 0.6 is 0 Å². The summed E-state index contributed by atoms with van der Waals surface area (Å²) in [6, 6.07) is 16.1. The highest BCUT2D eigenvalue weighted by atomic mass is 32.2.